The fraction of sp³-hybridized carbons (Fsp3) is 0.667. The summed E-state index contributed by atoms with van der Waals surface area (Å²) in [5.74, 6) is -5.25. The molecular formula is C15H26N4O7S. The minimum absolute atomic E-state index is 0.0426. The zero-order valence-corrected chi connectivity index (χ0v) is 16.0. The Balaban J connectivity index is 5.21. The molecule has 0 bridgehead atoms. The lowest BCUT2D eigenvalue weighted by molar-refractivity contribution is -0.144. The van der Waals surface area contributed by atoms with Crippen LogP contribution in [0.4, 0.5) is 0 Å². The highest BCUT2D eigenvalue weighted by atomic mass is 32.1. The number of carbonyl (C=O) groups is 5. The number of thiol groups is 1. The zero-order chi connectivity index (χ0) is 21.1. The third-order valence-electron chi connectivity index (χ3n) is 3.35. The van der Waals surface area contributed by atoms with E-state index in [-0.39, 0.29) is 24.6 Å². The maximum Gasteiger partial charge on any atom is 0.326 e. The highest BCUT2D eigenvalue weighted by Crippen LogP contribution is 2.06. The van der Waals surface area contributed by atoms with E-state index in [1.807, 2.05) is 0 Å². The number of rotatable bonds is 12. The first-order valence-corrected chi connectivity index (χ1v) is 8.80. The molecule has 0 aliphatic rings. The van der Waals surface area contributed by atoms with Crippen LogP contribution in [0.1, 0.15) is 26.7 Å². The Hall–Kier alpha value is -2.34. The van der Waals surface area contributed by atoms with Crippen LogP contribution in [0.5, 0.6) is 0 Å². The van der Waals surface area contributed by atoms with Crippen molar-refractivity contribution in [1.29, 1.82) is 0 Å². The van der Waals surface area contributed by atoms with Crippen molar-refractivity contribution in [3.05, 3.63) is 0 Å². The molecule has 154 valence electrons. The SMILES string of the molecule is CC(C)CC(NC(=O)C(CC(=O)O)NC(=O)C(CS)NC(=O)CN)C(=O)O. The Bertz CT molecular complexity index is 570. The number of carboxylic acids is 2. The fourth-order valence-electron chi connectivity index (χ4n) is 2.07. The van der Waals surface area contributed by atoms with Crippen LogP contribution in [0, 0.1) is 5.92 Å². The fourth-order valence-corrected chi connectivity index (χ4v) is 2.33. The molecule has 12 heteroatoms. The zero-order valence-electron chi connectivity index (χ0n) is 15.1. The molecule has 0 fully saturated rings. The predicted molar refractivity (Wildman–Crippen MR) is 98.0 cm³/mol. The summed E-state index contributed by atoms with van der Waals surface area (Å²) in [4.78, 5) is 58.1. The van der Waals surface area contributed by atoms with Crippen LogP contribution in [-0.2, 0) is 24.0 Å². The lowest BCUT2D eigenvalue weighted by Crippen LogP contribution is -2.57. The van der Waals surface area contributed by atoms with Gasteiger partial charge in [-0.15, -0.1) is 0 Å². The van der Waals surface area contributed by atoms with Crippen molar-refractivity contribution >= 4 is 42.3 Å². The van der Waals surface area contributed by atoms with Crippen molar-refractivity contribution < 1.29 is 34.2 Å². The van der Waals surface area contributed by atoms with Crippen LogP contribution in [-0.4, -0.2) is 70.3 Å². The van der Waals surface area contributed by atoms with E-state index in [0.717, 1.165) is 0 Å². The molecule has 0 aliphatic carbocycles. The summed E-state index contributed by atoms with van der Waals surface area (Å²) >= 11 is 3.92. The van der Waals surface area contributed by atoms with E-state index in [1.165, 1.54) is 0 Å². The van der Waals surface area contributed by atoms with Gasteiger partial charge in [0.05, 0.1) is 13.0 Å². The van der Waals surface area contributed by atoms with E-state index in [9.17, 15) is 29.1 Å². The van der Waals surface area contributed by atoms with Crippen LogP contribution in [0.25, 0.3) is 0 Å². The van der Waals surface area contributed by atoms with Gasteiger partial charge in [0.25, 0.3) is 0 Å². The Morgan fingerprint density at radius 3 is 1.85 bits per heavy atom. The first kappa shape index (κ1) is 24.7. The van der Waals surface area contributed by atoms with Gasteiger partial charge in [-0.25, -0.2) is 4.79 Å². The number of aliphatic carboxylic acids is 2. The minimum Gasteiger partial charge on any atom is -0.481 e. The maximum atomic E-state index is 12.3. The molecule has 0 radical (unpaired) electrons. The highest BCUT2D eigenvalue weighted by molar-refractivity contribution is 7.80. The van der Waals surface area contributed by atoms with Crippen LogP contribution in [0.2, 0.25) is 0 Å². The van der Waals surface area contributed by atoms with Crippen molar-refractivity contribution in [3.63, 3.8) is 0 Å². The third-order valence-corrected chi connectivity index (χ3v) is 3.72. The summed E-state index contributed by atoms with van der Waals surface area (Å²) in [6, 6.07) is -3.90. The average Bonchev–Trinajstić information content (AvgIpc) is 2.56. The topological polar surface area (TPSA) is 188 Å². The molecule has 0 rings (SSSR count). The second kappa shape index (κ2) is 12.1. The van der Waals surface area contributed by atoms with Gasteiger partial charge in [0.2, 0.25) is 17.7 Å². The van der Waals surface area contributed by atoms with Crippen LogP contribution >= 0.6 is 12.6 Å². The molecule has 0 aromatic heterocycles. The molecule has 3 atom stereocenters. The molecule has 0 heterocycles. The maximum absolute atomic E-state index is 12.3. The summed E-state index contributed by atoms with van der Waals surface area (Å²) < 4.78 is 0. The van der Waals surface area contributed by atoms with Crippen molar-refractivity contribution in [3.8, 4) is 0 Å². The summed E-state index contributed by atoms with van der Waals surface area (Å²) in [6.07, 6.45) is -0.643. The smallest absolute Gasteiger partial charge is 0.326 e. The molecular weight excluding hydrogens is 380 g/mol. The van der Waals surface area contributed by atoms with Crippen molar-refractivity contribution in [1.82, 2.24) is 16.0 Å². The van der Waals surface area contributed by atoms with Gasteiger partial charge in [-0.2, -0.15) is 12.6 Å². The monoisotopic (exact) mass is 406 g/mol. The van der Waals surface area contributed by atoms with Gasteiger partial charge in [0.1, 0.15) is 18.1 Å². The molecule has 3 unspecified atom stereocenters. The van der Waals surface area contributed by atoms with Crippen molar-refractivity contribution in [2.45, 2.75) is 44.8 Å². The molecule has 0 aliphatic heterocycles. The van der Waals surface area contributed by atoms with E-state index in [4.69, 9.17) is 10.8 Å². The van der Waals surface area contributed by atoms with E-state index in [1.54, 1.807) is 13.8 Å². The summed E-state index contributed by atoms with van der Waals surface area (Å²) in [7, 11) is 0. The van der Waals surface area contributed by atoms with Crippen molar-refractivity contribution in [2.75, 3.05) is 12.3 Å². The number of hydrogen-bond donors (Lipinski definition) is 7. The Morgan fingerprint density at radius 1 is 0.926 bits per heavy atom. The molecule has 0 aromatic rings. The molecule has 7 N–H and O–H groups in total. The summed E-state index contributed by atoms with van der Waals surface area (Å²) in [6.45, 7) is 3.15. The molecule has 0 saturated carbocycles. The van der Waals surface area contributed by atoms with E-state index < -0.39 is 54.2 Å². The Kier molecular flexibility index (Phi) is 11.1. The van der Waals surface area contributed by atoms with Gasteiger partial charge in [-0.3, -0.25) is 19.2 Å². The van der Waals surface area contributed by atoms with E-state index in [2.05, 4.69) is 28.6 Å². The highest BCUT2D eigenvalue weighted by Gasteiger charge is 2.30. The standard InChI is InChI=1S/C15H26N4O7S/c1-7(2)3-9(15(25)26)19-13(23)8(4-12(21)22)18-14(24)10(6-27)17-11(20)5-16/h7-10,27H,3-6,16H2,1-2H3,(H,17,20)(H,18,24)(H,19,23)(H,21,22)(H,25,26). The first-order chi connectivity index (χ1) is 12.5. The van der Waals surface area contributed by atoms with Crippen LogP contribution < -0.4 is 21.7 Å². The number of carbonyl (C=O) groups excluding carboxylic acids is 3. The lowest BCUT2D eigenvalue weighted by atomic mass is 10.0. The first-order valence-electron chi connectivity index (χ1n) is 8.17. The normalized spacial score (nSPS) is 14.0. The quantitative estimate of drug-likeness (QED) is 0.180. The van der Waals surface area contributed by atoms with Gasteiger partial charge in [-0.05, 0) is 12.3 Å². The largest absolute Gasteiger partial charge is 0.481 e. The molecule has 0 aromatic carbocycles. The molecule has 27 heavy (non-hydrogen) atoms. The number of amides is 3. The second-order valence-corrected chi connectivity index (χ2v) is 6.56. The third kappa shape index (κ3) is 9.80. The molecule has 11 nitrogen and oxygen atoms in total. The van der Waals surface area contributed by atoms with Gasteiger partial charge >= 0.3 is 11.9 Å². The Labute approximate surface area is 161 Å². The number of hydrogen-bond acceptors (Lipinski definition) is 7. The minimum atomic E-state index is -1.53. The molecule has 0 saturated heterocycles. The Morgan fingerprint density at radius 2 is 1.44 bits per heavy atom. The van der Waals surface area contributed by atoms with Gasteiger partial charge < -0.3 is 31.9 Å². The van der Waals surface area contributed by atoms with Gasteiger partial charge in [0.15, 0.2) is 0 Å². The molecule has 3 amide bonds. The lowest BCUT2D eigenvalue weighted by Gasteiger charge is -2.23. The number of carboxylic acid groups (broad SMARTS) is 2. The van der Waals surface area contributed by atoms with Crippen LogP contribution in [0.15, 0.2) is 0 Å². The van der Waals surface area contributed by atoms with Gasteiger partial charge in [0, 0.05) is 5.75 Å². The van der Waals surface area contributed by atoms with Crippen LogP contribution in [0.3, 0.4) is 0 Å². The average molecular weight is 406 g/mol. The van der Waals surface area contributed by atoms with Crippen molar-refractivity contribution in [2.24, 2.45) is 11.7 Å². The summed E-state index contributed by atoms with van der Waals surface area (Å²) in [5, 5.41) is 24.8. The number of nitrogens with one attached hydrogen (secondary N) is 3. The van der Waals surface area contributed by atoms with Gasteiger partial charge in [-0.1, -0.05) is 13.8 Å². The molecule has 0 spiro atoms. The number of nitrogens with two attached hydrogens (primary N) is 1. The van der Waals surface area contributed by atoms with E-state index >= 15 is 0 Å². The van der Waals surface area contributed by atoms with E-state index in [0.29, 0.717) is 0 Å². The second-order valence-electron chi connectivity index (χ2n) is 6.19. The predicted octanol–water partition coefficient (Wildman–Crippen LogP) is -2.07. The summed E-state index contributed by atoms with van der Waals surface area (Å²) in [5.41, 5.74) is 5.15.